The molecule has 18 heavy (non-hydrogen) atoms. The van der Waals surface area contributed by atoms with Gasteiger partial charge in [-0.25, -0.2) is 0 Å². The van der Waals surface area contributed by atoms with Gasteiger partial charge in [0.1, 0.15) is 11.5 Å². The average Bonchev–Trinajstić information content (AvgIpc) is 2.38. The minimum Gasteiger partial charge on any atom is -0.507 e. The lowest BCUT2D eigenvalue weighted by Crippen LogP contribution is -2.26. The van der Waals surface area contributed by atoms with Gasteiger partial charge in [0, 0.05) is 12.0 Å². The lowest BCUT2D eigenvalue weighted by Gasteiger charge is -2.31. The standard InChI is InChI=1S/C15H16O3/c1-18-12-7-3-5-10-8-9-4-2-6-11(16)13(9)15(17)14(10)12/h3,5,7,9,17H,2,4,6,8H2,1H3. The predicted octanol–water partition coefficient (Wildman–Crippen LogP) is 2.89. The molecule has 0 saturated heterocycles. The maximum Gasteiger partial charge on any atom is 0.162 e. The lowest BCUT2D eigenvalue weighted by atomic mass is 9.74. The van der Waals surface area contributed by atoms with Gasteiger partial charge in [-0.3, -0.25) is 4.79 Å². The normalized spacial score (nSPS) is 22.5. The van der Waals surface area contributed by atoms with Crippen molar-refractivity contribution in [1.82, 2.24) is 0 Å². The summed E-state index contributed by atoms with van der Waals surface area (Å²) in [5.41, 5.74) is 2.41. The Morgan fingerprint density at radius 3 is 3.00 bits per heavy atom. The number of ether oxygens (including phenoxy) is 1. The van der Waals surface area contributed by atoms with Crippen molar-refractivity contribution in [2.45, 2.75) is 25.7 Å². The second-order valence-electron chi connectivity index (χ2n) is 4.97. The van der Waals surface area contributed by atoms with E-state index in [4.69, 9.17) is 4.74 Å². The number of benzene rings is 1. The first kappa shape index (κ1) is 11.3. The Morgan fingerprint density at radius 1 is 1.39 bits per heavy atom. The van der Waals surface area contributed by atoms with Gasteiger partial charge in [-0.05, 0) is 36.8 Å². The van der Waals surface area contributed by atoms with Crippen LogP contribution < -0.4 is 4.74 Å². The van der Waals surface area contributed by atoms with Crippen LogP contribution in [0, 0.1) is 5.92 Å². The highest BCUT2D eigenvalue weighted by Gasteiger charge is 2.35. The lowest BCUT2D eigenvalue weighted by molar-refractivity contribution is -0.117. The number of hydrogen-bond donors (Lipinski definition) is 1. The van der Waals surface area contributed by atoms with E-state index in [1.807, 2.05) is 18.2 Å². The zero-order valence-corrected chi connectivity index (χ0v) is 10.4. The molecule has 1 saturated carbocycles. The zero-order valence-electron chi connectivity index (χ0n) is 10.4. The van der Waals surface area contributed by atoms with Crippen LogP contribution in [0.5, 0.6) is 5.75 Å². The number of aliphatic hydroxyl groups excluding tert-OH is 1. The molecule has 0 amide bonds. The fourth-order valence-electron chi connectivity index (χ4n) is 3.13. The molecule has 0 radical (unpaired) electrons. The van der Waals surface area contributed by atoms with E-state index in [0.29, 0.717) is 23.3 Å². The fourth-order valence-corrected chi connectivity index (χ4v) is 3.13. The third-order valence-electron chi connectivity index (χ3n) is 3.96. The average molecular weight is 244 g/mol. The number of carbonyl (C=O) groups excluding carboxylic acids is 1. The van der Waals surface area contributed by atoms with E-state index in [-0.39, 0.29) is 17.5 Å². The number of allylic oxidation sites excluding steroid dienone is 1. The zero-order chi connectivity index (χ0) is 12.7. The Kier molecular flexibility index (Phi) is 2.62. The molecular formula is C15H16O3. The third-order valence-corrected chi connectivity index (χ3v) is 3.96. The third kappa shape index (κ3) is 1.54. The molecular weight excluding hydrogens is 228 g/mol. The summed E-state index contributed by atoms with van der Waals surface area (Å²) in [6, 6.07) is 5.76. The summed E-state index contributed by atoms with van der Waals surface area (Å²) in [6.45, 7) is 0. The Hall–Kier alpha value is -1.77. The molecule has 2 aliphatic carbocycles. The van der Waals surface area contributed by atoms with Crippen molar-refractivity contribution in [1.29, 1.82) is 0 Å². The molecule has 0 aromatic heterocycles. The summed E-state index contributed by atoms with van der Waals surface area (Å²) >= 11 is 0. The number of Topliss-reactive ketones (excluding diaryl/α,β-unsaturated/α-hetero) is 1. The SMILES string of the molecule is COc1cccc2c1C(O)=C1C(=O)CCCC1C2. The summed E-state index contributed by atoms with van der Waals surface area (Å²) in [4.78, 5) is 12.0. The predicted molar refractivity (Wildman–Crippen MR) is 68.6 cm³/mol. The molecule has 2 aliphatic rings. The molecule has 1 unspecified atom stereocenters. The molecule has 0 aliphatic heterocycles. The topological polar surface area (TPSA) is 46.5 Å². The summed E-state index contributed by atoms with van der Waals surface area (Å²) in [6.07, 6.45) is 3.30. The van der Waals surface area contributed by atoms with Gasteiger partial charge in [0.05, 0.1) is 12.7 Å². The van der Waals surface area contributed by atoms with Gasteiger partial charge in [-0.1, -0.05) is 12.1 Å². The Labute approximate surface area is 106 Å². The van der Waals surface area contributed by atoms with Gasteiger partial charge in [0.2, 0.25) is 0 Å². The Morgan fingerprint density at radius 2 is 2.22 bits per heavy atom. The molecule has 3 rings (SSSR count). The fraction of sp³-hybridized carbons (Fsp3) is 0.400. The molecule has 0 spiro atoms. The molecule has 0 heterocycles. The minimum absolute atomic E-state index is 0.0975. The summed E-state index contributed by atoms with van der Waals surface area (Å²) in [5, 5.41) is 10.4. The van der Waals surface area contributed by atoms with E-state index in [1.54, 1.807) is 7.11 Å². The number of ketones is 1. The van der Waals surface area contributed by atoms with Gasteiger partial charge in [0.15, 0.2) is 5.78 Å². The first-order valence-electron chi connectivity index (χ1n) is 6.35. The highest BCUT2D eigenvalue weighted by atomic mass is 16.5. The van der Waals surface area contributed by atoms with Crippen LogP contribution in [0.3, 0.4) is 0 Å². The van der Waals surface area contributed by atoms with Crippen molar-refractivity contribution < 1.29 is 14.6 Å². The number of hydrogen-bond acceptors (Lipinski definition) is 3. The van der Waals surface area contributed by atoms with E-state index in [1.165, 1.54) is 0 Å². The monoisotopic (exact) mass is 244 g/mol. The quantitative estimate of drug-likeness (QED) is 0.826. The van der Waals surface area contributed by atoms with E-state index in [0.717, 1.165) is 24.8 Å². The van der Waals surface area contributed by atoms with Crippen molar-refractivity contribution in [2.24, 2.45) is 5.92 Å². The van der Waals surface area contributed by atoms with Crippen molar-refractivity contribution in [3.05, 3.63) is 34.9 Å². The first-order valence-corrected chi connectivity index (χ1v) is 6.35. The molecule has 1 aromatic rings. The molecule has 3 heteroatoms. The molecule has 0 bridgehead atoms. The molecule has 94 valence electrons. The molecule has 1 atom stereocenters. The number of aliphatic hydroxyl groups is 1. The maximum atomic E-state index is 12.0. The van der Waals surface area contributed by atoms with Crippen LogP contribution in [0.25, 0.3) is 5.76 Å². The van der Waals surface area contributed by atoms with Crippen molar-refractivity contribution >= 4 is 11.5 Å². The van der Waals surface area contributed by atoms with Gasteiger partial charge in [-0.15, -0.1) is 0 Å². The molecule has 1 aromatic carbocycles. The highest BCUT2D eigenvalue weighted by Crippen LogP contribution is 2.42. The van der Waals surface area contributed by atoms with E-state index >= 15 is 0 Å². The van der Waals surface area contributed by atoms with Gasteiger partial charge in [-0.2, -0.15) is 0 Å². The summed E-state index contributed by atoms with van der Waals surface area (Å²) < 4.78 is 5.29. The van der Waals surface area contributed by atoms with Crippen LogP contribution in [0.1, 0.15) is 30.4 Å². The number of fused-ring (bicyclic) bond motifs is 2. The van der Waals surface area contributed by atoms with Gasteiger partial charge < -0.3 is 9.84 Å². The largest absolute Gasteiger partial charge is 0.507 e. The van der Waals surface area contributed by atoms with E-state index < -0.39 is 0 Å². The molecule has 1 N–H and O–H groups in total. The van der Waals surface area contributed by atoms with Crippen molar-refractivity contribution in [2.75, 3.05) is 7.11 Å². The second kappa shape index (κ2) is 4.16. The van der Waals surface area contributed by atoms with Crippen LogP contribution in [-0.2, 0) is 11.2 Å². The molecule has 1 fully saturated rings. The Balaban J connectivity index is 2.21. The number of carbonyl (C=O) groups is 1. The van der Waals surface area contributed by atoms with Crippen LogP contribution >= 0.6 is 0 Å². The summed E-state index contributed by atoms with van der Waals surface area (Å²) in [7, 11) is 1.59. The van der Waals surface area contributed by atoms with E-state index in [2.05, 4.69) is 0 Å². The van der Waals surface area contributed by atoms with Crippen molar-refractivity contribution in [3.63, 3.8) is 0 Å². The van der Waals surface area contributed by atoms with E-state index in [9.17, 15) is 9.90 Å². The minimum atomic E-state index is 0.0975. The highest BCUT2D eigenvalue weighted by molar-refractivity contribution is 6.03. The molecule has 3 nitrogen and oxygen atoms in total. The van der Waals surface area contributed by atoms with Crippen LogP contribution in [0.4, 0.5) is 0 Å². The van der Waals surface area contributed by atoms with Gasteiger partial charge >= 0.3 is 0 Å². The summed E-state index contributed by atoms with van der Waals surface area (Å²) in [5.74, 6) is 1.07. The van der Waals surface area contributed by atoms with Crippen LogP contribution in [0.2, 0.25) is 0 Å². The number of rotatable bonds is 1. The smallest absolute Gasteiger partial charge is 0.162 e. The van der Waals surface area contributed by atoms with Crippen LogP contribution in [-0.4, -0.2) is 18.0 Å². The van der Waals surface area contributed by atoms with Crippen LogP contribution in [0.15, 0.2) is 23.8 Å². The van der Waals surface area contributed by atoms with Gasteiger partial charge in [0.25, 0.3) is 0 Å². The second-order valence-corrected chi connectivity index (χ2v) is 4.97. The first-order chi connectivity index (χ1) is 8.72. The maximum absolute atomic E-state index is 12.0. The number of methoxy groups -OCH3 is 1. The Bertz CT molecular complexity index is 543. The van der Waals surface area contributed by atoms with Crippen molar-refractivity contribution in [3.8, 4) is 5.75 Å².